The van der Waals surface area contributed by atoms with Gasteiger partial charge < -0.3 is 19.4 Å². The first kappa shape index (κ1) is 32.4. The lowest BCUT2D eigenvalue weighted by molar-refractivity contribution is -0.0592. The number of halogens is 2. The number of ether oxygens (including phenoxy) is 2. The van der Waals surface area contributed by atoms with Crippen molar-refractivity contribution in [2.24, 2.45) is 7.05 Å². The second-order valence-corrected chi connectivity index (χ2v) is 13.6. The third-order valence-corrected chi connectivity index (χ3v) is 9.89. The summed E-state index contributed by atoms with van der Waals surface area (Å²) in [5.74, 6) is 1.17. The van der Waals surface area contributed by atoms with E-state index in [9.17, 15) is 9.18 Å². The molecule has 2 saturated heterocycles. The Bertz CT molecular complexity index is 2190. The zero-order valence-corrected chi connectivity index (χ0v) is 28.4. The second-order valence-electron chi connectivity index (χ2n) is 13.1. The first-order valence-corrected chi connectivity index (χ1v) is 17.3. The number of imidazole rings is 1. The van der Waals surface area contributed by atoms with Crippen molar-refractivity contribution in [1.82, 2.24) is 29.2 Å². The van der Waals surface area contributed by atoms with Gasteiger partial charge in [0.1, 0.15) is 18.2 Å². The van der Waals surface area contributed by atoms with Crippen molar-refractivity contribution in [3.05, 3.63) is 112 Å². The summed E-state index contributed by atoms with van der Waals surface area (Å²) in [4.78, 5) is 25.6. The summed E-state index contributed by atoms with van der Waals surface area (Å²) >= 11 is 5.88. The molecule has 1 N–H and O–H groups in total. The second kappa shape index (κ2) is 13.8. The fourth-order valence-corrected chi connectivity index (χ4v) is 6.98. The van der Waals surface area contributed by atoms with Gasteiger partial charge in [-0.05, 0) is 86.9 Å². The highest BCUT2D eigenvalue weighted by atomic mass is 35.5. The molecule has 2 aliphatic heterocycles. The average Bonchev–Trinajstić information content (AvgIpc) is 3.64. The van der Waals surface area contributed by atoms with Crippen LogP contribution in [0.2, 0.25) is 5.02 Å². The Morgan fingerprint density at radius 2 is 1.88 bits per heavy atom. The summed E-state index contributed by atoms with van der Waals surface area (Å²) in [6, 6.07) is 21.8. The van der Waals surface area contributed by atoms with E-state index in [2.05, 4.69) is 19.9 Å². The van der Waals surface area contributed by atoms with Gasteiger partial charge in [-0.2, -0.15) is 5.10 Å². The quantitative estimate of drug-likeness (QED) is 0.163. The molecule has 0 bridgehead atoms. The van der Waals surface area contributed by atoms with E-state index in [1.165, 1.54) is 6.07 Å². The normalized spacial score (nSPS) is 16.9. The molecule has 2 fully saturated rings. The zero-order chi connectivity index (χ0) is 34.2. The molecule has 3 aromatic carbocycles. The van der Waals surface area contributed by atoms with Crippen molar-refractivity contribution in [1.29, 1.82) is 0 Å². The van der Waals surface area contributed by atoms with E-state index >= 15 is 0 Å². The van der Waals surface area contributed by atoms with Crippen LogP contribution >= 0.6 is 11.6 Å². The molecule has 12 heteroatoms. The first-order chi connectivity index (χ1) is 24.3. The standard InChI is InChI=1S/C38H37ClFN7O3/c1-45-20-27-17-29(8-9-33(27)44-45)41-38(48)25-6-10-35-34(18-25)42-36(47(35)21-30-13-16-49-30)22-46-14-11-24(12-15-46)32-3-2-4-37(43-32)50-23-26-5-7-28(39)19-31(26)40/h2-10,17-20,24,30H,11-16,21-23H2,1H3,(H,41,48)/t30-/m0/s1. The van der Waals surface area contributed by atoms with Gasteiger partial charge in [0.05, 0.1) is 35.7 Å². The molecule has 0 unspecified atom stereocenters. The third-order valence-electron chi connectivity index (χ3n) is 9.65. The number of benzene rings is 3. The van der Waals surface area contributed by atoms with Gasteiger partial charge in [-0.3, -0.25) is 14.4 Å². The van der Waals surface area contributed by atoms with Crippen LogP contribution in [-0.4, -0.2) is 60.9 Å². The molecule has 8 rings (SSSR count). The highest BCUT2D eigenvalue weighted by molar-refractivity contribution is 6.30. The van der Waals surface area contributed by atoms with Gasteiger partial charge in [0.15, 0.2) is 0 Å². The van der Waals surface area contributed by atoms with Gasteiger partial charge >= 0.3 is 0 Å². The molecule has 1 amide bonds. The van der Waals surface area contributed by atoms with Crippen molar-refractivity contribution in [3.63, 3.8) is 0 Å². The molecule has 50 heavy (non-hydrogen) atoms. The van der Waals surface area contributed by atoms with Crippen LogP contribution < -0.4 is 10.1 Å². The van der Waals surface area contributed by atoms with E-state index in [0.717, 1.165) is 84.6 Å². The number of nitrogens with one attached hydrogen (secondary N) is 1. The van der Waals surface area contributed by atoms with Crippen LogP contribution in [0.25, 0.3) is 21.9 Å². The lowest BCUT2D eigenvalue weighted by Gasteiger charge is -2.32. The number of hydrogen-bond acceptors (Lipinski definition) is 7. The van der Waals surface area contributed by atoms with Crippen LogP contribution in [-0.2, 0) is 31.5 Å². The monoisotopic (exact) mass is 693 g/mol. The molecule has 0 spiro atoms. The maximum atomic E-state index is 14.2. The van der Waals surface area contributed by atoms with Gasteiger partial charge in [-0.1, -0.05) is 23.7 Å². The number of pyridine rings is 1. The van der Waals surface area contributed by atoms with Crippen molar-refractivity contribution in [3.8, 4) is 5.88 Å². The summed E-state index contributed by atoms with van der Waals surface area (Å²) in [5, 5.41) is 8.76. The van der Waals surface area contributed by atoms with Crippen LogP contribution in [0.5, 0.6) is 5.88 Å². The third kappa shape index (κ3) is 6.94. The van der Waals surface area contributed by atoms with Crippen molar-refractivity contribution in [2.45, 2.75) is 51.0 Å². The lowest BCUT2D eigenvalue weighted by Crippen LogP contribution is -2.35. The number of hydrogen-bond donors (Lipinski definition) is 1. The number of nitrogens with zero attached hydrogens (tertiary/aromatic N) is 6. The molecule has 256 valence electrons. The molecule has 0 aliphatic carbocycles. The van der Waals surface area contributed by atoms with E-state index < -0.39 is 5.82 Å². The highest BCUT2D eigenvalue weighted by Gasteiger charge is 2.26. The van der Waals surface area contributed by atoms with Crippen LogP contribution in [0, 0.1) is 5.82 Å². The molecular weight excluding hydrogens is 657 g/mol. The number of piperidine rings is 1. The van der Waals surface area contributed by atoms with Gasteiger partial charge in [-0.25, -0.2) is 14.4 Å². The van der Waals surface area contributed by atoms with E-state index in [4.69, 9.17) is 31.0 Å². The fraction of sp³-hybridized carbons (Fsp3) is 0.316. The summed E-state index contributed by atoms with van der Waals surface area (Å²) in [6.07, 6.45) is 5.02. The van der Waals surface area contributed by atoms with Gasteiger partial charge in [0.25, 0.3) is 5.91 Å². The predicted octanol–water partition coefficient (Wildman–Crippen LogP) is 7.11. The van der Waals surface area contributed by atoms with Crippen LogP contribution in [0.4, 0.5) is 10.1 Å². The zero-order valence-electron chi connectivity index (χ0n) is 27.7. The maximum absolute atomic E-state index is 14.2. The SMILES string of the molecule is Cn1cc2cc(NC(=O)c3ccc4c(c3)nc(CN3CCC(c5cccc(OCc6ccc(Cl)cc6F)n5)CC3)n4C[C@@H]3CCO3)ccc2n1. The molecule has 5 heterocycles. The first-order valence-electron chi connectivity index (χ1n) is 17.0. The number of carbonyl (C=O) groups excluding carboxylic acids is 1. The Labute approximate surface area is 293 Å². The lowest BCUT2D eigenvalue weighted by atomic mass is 9.93. The molecule has 10 nitrogen and oxygen atoms in total. The van der Waals surface area contributed by atoms with E-state index in [0.29, 0.717) is 34.5 Å². The maximum Gasteiger partial charge on any atom is 0.255 e. The number of likely N-dealkylation sites (tertiary alicyclic amines) is 1. The number of anilines is 1. The van der Waals surface area contributed by atoms with Gasteiger partial charge in [-0.15, -0.1) is 0 Å². The molecule has 0 radical (unpaired) electrons. The fourth-order valence-electron chi connectivity index (χ4n) is 6.82. The van der Waals surface area contributed by atoms with Gasteiger partial charge in [0.2, 0.25) is 5.88 Å². The number of fused-ring (bicyclic) bond motifs is 2. The van der Waals surface area contributed by atoms with Gasteiger partial charge in [0, 0.05) is 64.8 Å². The summed E-state index contributed by atoms with van der Waals surface area (Å²) in [6.45, 7) is 4.09. The minimum Gasteiger partial charge on any atom is -0.473 e. The average molecular weight is 694 g/mol. The molecule has 6 aromatic rings. The summed E-state index contributed by atoms with van der Waals surface area (Å²) in [5.41, 5.74) is 5.36. The number of aromatic nitrogens is 5. The van der Waals surface area contributed by atoms with Crippen LogP contribution in [0.1, 0.15) is 52.6 Å². The van der Waals surface area contributed by atoms with E-state index in [-0.39, 0.29) is 18.6 Å². The topological polar surface area (TPSA) is 99.3 Å². The molecule has 1 atom stereocenters. The Morgan fingerprint density at radius 3 is 2.68 bits per heavy atom. The minimum absolute atomic E-state index is 0.0827. The van der Waals surface area contributed by atoms with E-state index in [1.54, 1.807) is 22.9 Å². The molecule has 3 aromatic heterocycles. The Balaban J connectivity index is 0.937. The number of rotatable bonds is 10. The summed E-state index contributed by atoms with van der Waals surface area (Å²) < 4.78 is 29.9. The molecule has 2 aliphatic rings. The Morgan fingerprint density at radius 1 is 1.02 bits per heavy atom. The molecule has 0 saturated carbocycles. The van der Waals surface area contributed by atoms with Crippen molar-refractivity contribution < 1.29 is 18.7 Å². The number of aryl methyl sites for hydroxylation is 1. The largest absolute Gasteiger partial charge is 0.473 e. The Kier molecular flexibility index (Phi) is 8.94. The smallest absolute Gasteiger partial charge is 0.255 e. The van der Waals surface area contributed by atoms with Crippen LogP contribution in [0.3, 0.4) is 0 Å². The Hall–Kier alpha value is -4.84. The minimum atomic E-state index is -0.393. The summed E-state index contributed by atoms with van der Waals surface area (Å²) in [7, 11) is 1.88. The van der Waals surface area contributed by atoms with Crippen molar-refractivity contribution >= 4 is 45.1 Å². The molecular formula is C38H37ClFN7O3. The number of carbonyl (C=O) groups is 1. The van der Waals surface area contributed by atoms with Crippen LogP contribution in [0.15, 0.2) is 79.0 Å². The van der Waals surface area contributed by atoms with E-state index in [1.807, 2.05) is 61.8 Å². The van der Waals surface area contributed by atoms with Crippen molar-refractivity contribution in [2.75, 3.05) is 25.0 Å². The highest BCUT2D eigenvalue weighted by Crippen LogP contribution is 2.30. The number of amides is 1. The predicted molar refractivity (Wildman–Crippen MR) is 190 cm³/mol.